The molecule has 3 aromatic carbocycles. The van der Waals surface area contributed by atoms with Crippen molar-refractivity contribution in [3.05, 3.63) is 107 Å². The number of para-hydroxylation sites is 1. The van der Waals surface area contributed by atoms with Crippen LogP contribution >= 0.6 is 0 Å². The summed E-state index contributed by atoms with van der Waals surface area (Å²) >= 11 is 0. The number of benzene rings is 3. The summed E-state index contributed by atoms with van der Waals surface area (Å²) < 4.78 is 7.23. The molecule has 0 radical (unpaired) electrons. The summed E-state index contributed by atoms with van der Waals surface area (Å²) in [5, 5.41) is 1.01. The van der Waals surface area contributed by atoms with Crippen LogP contribution in [0, 0.1) is 12.8 Å². The average Bonchev–Trinajstić information content (AvgIpc) is 3.18. The number of ketones is 1. The van der Waals surface area contributed by atoms with E-state index in [1.807, 2.05) is 43.3 Å². The lowest BCUT2D eigenvalue weighted by Crippen LogP contribution is -2.35. The van der Waals surface area contributed by atoms with Crippen LogP contribution in [0.1, 0.15) is 53.6 Å². The molecule has 0 bridgehead atoms. The lowest BCUT2D eigenvalue weighted by atomic mass is 9.64. The number of Topliss-reactive ketones (excluding diaryl/α,β-unsaturated/α-hetero) is 1. The van der Waals surface area contributed by atoms with Crippen LogP contribution in [0.25, 0.3) is 10.9 Å². The zero-order valence-corrected chi connectivity index (χ0v) is 19.8. The van der Waals surface area contributed by atoms with Gasteiger partial charge in [-0.3, -0.25) is 4.79 Å². The average molecular weight is 452 g/mol. The molecule has 1 aliphatic carbocycles. The summed E-state index contributed by atoms with van der Waals surface area (Å²) in [5.74, 6) is -0.278. The van der Waals surface area contributed by atoms with Crippen LogP contribution in [0.2, 0.25) is 0 Å². The second kappa shape index (κ2) is 8.94. The van der Waals surface area contributed by atoms with Crippen molar-refractivity contribution < 1.29 is 14.3 Å². The smallest absolute Gasteiger partial charge is 0.418 e. The molecular weight excluding hydrogens is 422 g/mol. The number of fused-ring (bicyclic) bond motifs is 3. The molecule has 5 rings (SSSR count). The maximum atomic E-state index is 13.3. The summed E-state index contributed by atoms with van der Waals surface area (Å²) in [5.41, 5.74) is 6.24. The first-order valence-electron chi connectivity index (χ1n) is 11.9. The van der Waals surface area contributed by atoms with Gasteiger partial charge in [-0.2, -0.15) is 0 Å². The third-order valence-electron chi connectivity index (χ3n) is 7.12. The number of ether oxygens (including phenoxy) is 1. The second-order valence-electron chi connectivity index (χ2n) is 9.16. The van der Waals surface area contributed by atoms with Gasteiger partial charge in [0, 0.05) is 22.9 Å². The molecule has 3 atom stereocenters. The van der Waals surface area contributed by atoms with E-state index in [4.69, 9.17) is 4.74 Å². The van der Waals surface area contributed by atoms with Gasteiger partial charge in [-0.25, -0.2) is 9.36 Å². The fourth-order valence-electron chi connectivity index (χ4n) is 5.70. The Balaban J connectivity index is 1.83. The zero-order chi connectivity index (χ0) is 23.8. The molecule has 4 aromatic rings. The number of rotatable bonds is 4. The number of carbonyl (C=O) groups is 2. The number of aryl methyl sites for hydroxylation is 1. The van der Waals surface area contributed by atoms with Crippen molar-refractivity contribution in [2.45, 2.75) is 39.0 Å². The van der Waals surface area contributed by atoms with Crippen molar-refractivity contribution in [1.82, 2.24) is 4.57 Å². The molecule has 1 aromatic heterocycles. The predicted octanol–water partition coefficient (Wildman–Crippen LogP) is 6.63. The molecule has 0 amide bonds. The van der Waals surface area contributed by atoms with E-state index in [9.17, 15) is 9.59 Å². The Kier molecular flexibility index (Phi) is 5.82. The van der Waals surface area contributed by atoms with Crippen LogP contribution in [-0.4, -0.2) is 23.1 Å². The molecule has 172 valence electrons. The van der Waals surface area contributed by atoms with Gasteiger partial charge < -0.3 is 4.74 Å². The van der Waals surface area contributed by atoms with Gasteiger partial charge in [0.25, 0.3) is 0 Å². The van der Waals surface area contributed by atoms with E-state index in [0.717, 1.165) is 33.3 Å². The van der Waals surface area contributed by atoms with Crippen molar-refractivity contribution in [3.8, 4) is 0 Å². The molecule has 0 spiro atoms. The monoisotopic (exact) mass is 451 g/mol. The third kappa shape index (κ3) is 3.63. The molecule has 0 saturated carbocycles. The van der Waals surface area contributed by atoms with Crippen LogP contribution in [-0.2, 0) is 16.0 Å². The SMILES string of the molecule is CCOC(=O)n1c2c(c3ccccc31)[C@@H](c1ccccc1)[C@H](C(C)=O)[C@H](c1ccc(C)cc1)C2. The maximum absolute atomic E-state index is 13.3. The lowest BCUT2D eigenvalue weighted by Gasteiger charge is -2.38. The maximum Gasteiger partial charge on any atom is 0.418 e. The van der Waals surface area contributed by atoms with E-state index >= 15 is 0 Å². The lowest BCUT2D eigenvalue weighted by molar-refractivity contribution is -0.122. The van der Waals surface area contributed by atoms with Crippen LogP contribution in [0.15, 0.2) is 78.9 Å². The topological polar surface area (TPSA) is 48.3 Å². The third-order valence-corrected chi connectivity index (χ3v) is 7.12. The molecule has 1 aliphatic rings. The van der Waals surface area contributed by atoms with E-state index in [2.05, 4.69) is 49.4 Å². The molecular formula is C30H29NO3. The second-order valence-corrected chi connectivity index (χ2v) is 9.16. The molecule has 0 unspecified atom stereocenters. The zero-order valence-electron chi connectivity index (χ0n) is 19.8. The Morgan fingerprint density at radius 1 is 0.912 bits per heavy atom. The van der Waals surface area contributed by atoms with Crippen molar-refractivity contribution in [2.75, 3.05) is 6.61 Å². The van der Waals surface area contributed by atoms with E-state index < -0.39 is 0 Å². The molecule has 0 N–H and O–H groups in total. The van der Waals surface area contributed by atoms with Crippen molar-refractivity contribution in [2.24, 2.45) is 5.92 Å². The largest absolute Gasteiger partial charge is 0.449 e. The summed E-state index contributed by atoms with van der Waals surface area (Å²) in [7, 11) is 0. The summed E-state index contributed by atoms with van der Waals surface area (Å²) in [6, 6.07) is 26.6. The van der Waals surface area contributed by atoms with Gasteiger partial charge in [-0.05, 0) is 55.9 Å². The molecule has 4 heteroatoms. The highest BCUT2D eigenvalue weighted by Gasteiger charge is 2.44. The van der Waals surface area contributed by atoms with Crippen LogP contribution in [0.4, 0.5) is 4.79 Å². The summed E-state index contributed by atoms with van der Waals surface area (Å²) in [6.45, 7) is 5.90. The molecule has 1 heterocycles. The fourth-order valence-corrected chi connectivity index (χ4v) is 5.70. The molecule has 0 fully saturated rings. The Morgan fingerprint density at radius 3 is 2.26 bits per heavy atom. The first-order chi connectivity index (χ1) is 16.5. The number of carbonyl (C=O) groups excluding carboxylic acids is 2. The highest BCUT2D eigenvalue weighted by molar-refractivity contribution is 5.96. The first kappa shape index (κ1) is 22.1. The van der Waals surface area contributed by atoms with Gasteiger partial charge in [0.1, 0.15) is 5.78 Å². The molecule has 0 aliphatic heterocycles. The Morgan fingerprint density at radius 2 is 1.59 bits per heavy atom. The van der Waals surface area contributed by atoms with E-state index in [1.165, 1.54) is 5.56 Å². The van der Waals surface area contributed by atoms with Crippen molar-refractivity contribution in [3.63, 3.8) is 0 Å². The van der Waals surface area contributed by atoms with Gasteiger partial charge >= 0.3 is 6.09 Å². The highest BCUT2D eigenvalue weighted by atomic mass is 16.5. The van der Waals surface area contributed by atoms with Gasteiger partial charge in [0.15, 0.2) is 0 Å². The number of hydrogen-bond acceptors (Lipinski definition) is 3. The van der Waals surface area contributed by atoms with E-state index in [1.54, 1.807) is 11.5 Å². The Labute approximate surface area is 200 Å². The molecule has 0 saturated heterocycles. The van der Waals surface area contributed by atoms with Gasteiger partial charge in [-0.1, -0.05) is 78.4 Å². The van der Waals surface area contributed by atoms with Gasteiger partial charge in [0.05, 0.1) is 12.1 Å². The van der Waals surface area contributed by atoms with Crippen LogP contribution in [0.3, 0.4) is 0 Å². The summed E-state index contributed by atoms with van der Waals surface area (Å²) in [6.07, 6.45) is 0.232. The Hall–Kier alpha value is -3.66. The van der Waals surface area contributed by atoms with Crippen molar-refractivity contribution >= 4 is 22.8 Å². The predicted molar refractivity (Wildman–Crippen MR) is 134 cm³/mol. The van der Waals surface area contributed by atoms with Crippen molar-refractivity contribution in [1.29, 1.82) is 0 Å². The fraction of sp³-hybridized carbons (Fsp3) is 0.267. The molecule has 34 heavy (non-hydrogen) atoms. The van der Waals surface area contributed by atoms with Crippen LogP contribution < -0.4 is 0 Å². The summed E-state index contributed by atoms with van der Waals surface area (Å²) in [4.78, 5) is 26.5. The Bertz CT molecular complexity index is 1350. The number of hydrogen-bond donors (Lipinski definition) is 0. The van der Waals surface area contributed by atoms with Gasteiger partial charge in [-0.15, -0.1) is 0 Å². The van der Waals surface area contributed by atoms with Crippen LogP contribution in [0.5, 0.6) is 0 Å². The number of nitrogens with zero attached hydrogens (tertiary/aromatic N) is 1. The standard InChI is InChI=1S/C30H29NO3/c1-4-34-30(33)31-25-13-9-8-12-23(25)29-26(31)18-24(21-16-14-19(2)15-17-21)27(20(3)32)28(29)22-10-6-5-7-11-22/h5-17,24,27-28H,4,18H2,1-3H3/t24-,27+,28-/m0/s1. The highest BCUT2D eigenvalue weighted by Crippen LogP contribution is 2.51. The van der Waals surface area contributed by atoms with E-state index in [-0.39, 0.29) is 29.6 Å². The minimum Gasteiger partial charge on any atom is -0.449 e. The van der Waals surface area contributed by atoms with Gasteiger partial charge in [0.2, 0.25) is 0 Å². The minimum atomic E-state index is -0.365. The number of aromatic nitrogens is 1. The normalized spacial score (nSPS) is 19.6. The quantitative estimate of drug-likeness (QED) is 0.350. The minimum absolute atomic E-state index is 0.0479. The first-order valence-corrected chi connectivity index (χ1v) is 11.9. The molecule has 4 nitrogen and oxygen atoms in total. The van der Waals surface area contributed by atoms with E-state index in [0.29, 0.717) is 13.0 Å².